The number of benzene rings is 1. The maximum Gasteiger partial charge on any atom is 0.224 e. The minimum atomic E-state index is -3.30. The third-order valence-corrected chi connectivity index (χ3v) is 5.15. The van der Waals surface area contributed by atoms with Crippen LogP contribution in [0.4, 0.5) is 5.82 Å². The van der Waals surface area contributed by atoms with Crippen LogP contribution in [0.15, 0.2) is 29.4 Å². The van der Waals surface area contributed by atoms with E-state index in [2.05, 4.69) is 15.3 Å². The molecule has 8 heteroatoms. The summed E-state index contributed by atoms with van der Waals surface area (Å²) in [7, 11) is -1.52. The minimum Gasteiger partial charge on any atom is -0.366 e. The van der Waals surface area contributed by atoms with Gasteiger partial charge < -0.3 is 10.2 Å². The molecule has 1 fully saturated rings. The van der Waals surface area contributed by atoms with E-state index in [-0.39, 0.29) is 16.8 Å². The first kappa shape index (κ1) is 15.7. The highest BCUT2D eigenvalue weighted by Gasteiger charge is 2.24. The van der Waals surface area contributed by atoms with Crippen LogP contribution in [-0.2, 0) is 14.6 Å². The molecule has 0 spiro atoms. The summed E-state index contributed by atoms with van der Waals surface area (Å²) in [6.45, 7) is 0.689. The van der Waals surface area contributed by atoms with Gasteiger partial charge in [-0.2, -0.15) is 0 Å². The van der Waals surface area contributed by atoms with E-state index >= 15 is 0 Å². The van der Waals surface area contributed by atoms with Crippen molar-refractivity contribution in [1.29, 1.82) is 0 Å². The highest BCUT2D eigenvalue weighted by Crippen LogP contribution is 2.25. The van der Waals surface area contributed by atoms with Gasteiger partial charge in [0.25, 0.3) is 0 Å². The summed E-state index contributed by atoms with van der Waals surface area (Å²) in [4.78, 5) is 22.1. The van der Waals surface area contributed by atoms with E-state index in [1.165, 1.54) is 18.6 Å². The van der Waals surface area contributed by atoms with Crippen molar-refractivity contribution in [2.24, 2.45) is 0 Å². The van der Waals surface area contributed by atoms with Gasteiger partial charge in [0.2, 0.25) is 5.91 Å². The summed E-state index contributed by atoms with van der Waals surface area (Å²) in [6, 6.07) is 4.76. The van der Waals surface area contributed by atoms with Gasteiger partial charge in [0.15, 0.2) is 9.84 Å². The standard InChI is InChI=1S/C15H18N4O3S/c1-19-6-5-10(7-14(19)20)18-15-12-8-11(23(2,21)22)3-4-13(12)16-9-17-15/h3-4,8-10H,5-7H2,1-2H3,(H,16,17,18). The molecule has 0 bridgehead atoms. The van der Waals surface area contributed by atoms with E-state index in [4.69, 9.17) is 0 Å². The smallest absolute Gasteiger partial charge is 0.224 e. The van der Waals surface area contributed by atoms with E-state index in [0.717, 1.165) is 6.42 Å². The lowest BCUT2D eigenvalue weighted by molar-refractivity contribution is -0.132. The molecular formula is C15H18N4O3S. The molecule has 3 rings (SSSR count). The average molecular weight is 334 g/mol. The summed E-state index contributed by atoms with van der Waals surface area (Å²) >= 11 is 0. The van der Waals surface area contributed by atoms with Crippen LogP contribution >= 0.6 is 0 Å². The number of rotatable bonds is 3. The zero-order valence-corrected chi connectivity index (χ0v) is 13.8. The molecule has 1 aromatic heterocycles. The number of carbonyl (C=O) groups excluding carboxylic acids is 1. The second-order valence-corrected chi connectivity index (χ2v) is 7.84. The van der Waals surface area contributed by atoms with Gasteiger partial charge in [-0.1, -0.05) is 0 Å². The first-order chi connectivity index (χ1) is 10.8. The molecule has 1 aromatic carbocycles. The van der Waals surface area contributed by atoms with Crippen LogP contribution in [-0.4, -0.2) is 55.1 Å². The summed E-state index contributed by atoms with van der Waals surface area (Å²) in [5, 5.41) is 3.90. The van der Waals surface area contributed by atoms with Gasteiger partial charge in [-0.05, 0) is 24.6 Å². The van der Waals surface area contributed by atoms with Crippen LogP contribution < -0.4 is 5.32 Å². The number of nitrogens with zero attached hydrogens (tertiary/aromatic N) is 3. The normalized spacial score (nSPS) is 19.1. The van der Waals surface area contributed by atoms with E-state index < -0.39 is 9.84 Å². The molecule has 1 atom stereocenters. The number of amides is 1. The SMILES string of the molecule is CN1CCC(Nc2ncnc3ccc(S(C)(=O)=O)cc23)CC1=O. The van der Waals surface area contributed by atoms with E-state index in [9.17, 15) is 13.2 Å². The van der Waals surface area contributed by atoms with Gasteiger partial charge >= 0.3 is 0 Å². The third-order valence-electron chi connectivity index (χ3n) is 4.04. The fourth-order valence-electron chi connectivity index (χ4n) is 2.64. The predicted molar refractivity (Wildman–Crippen MR) is 86.9 cm³/mol. The number of fused-ring (bicyclic) bond motifs is 1. The van der Waals surface area contributed by atoms with Crippen molar-refractivity contribution in [2.45, 2.75) is 23.8 Å². The van der Waals surface area contributed by atoms with Gasteiger partial charge in [0.05, 0.1) is 10.4 Å². The molecule has 7 nitrogen and oxygen atoms in total. The van der Waals surface area contributed by atoms with Crippen LogP contribution in [0.25, 0.3) is 10.9 Å². The highest BCUT2D eigenvalue weighted by molar-refractivity contribution is 7.90. The number of likely N-dealkylation sites (tertiary alicyclic amines) is 1. The molecule has 1 aliphatic rings. The molecule has 2 aromatic rings. The molecule has 122 valence electrons. The summed E-state index contributed by atoms with van der Waals surface area (Å²) in [6.07, 6.45) is 3.82. The second kappa shape index (κ2) is 5.77. The third kappa shape index (κ3) is 3.26. The molecule has 23 heavy (non-hydrogen) atoms. The molecular weight excluding hydrogens is 316 g/mol. The number of sulfone groups is 1. The van der Waals surface area contributed by atoms with Crippen molar-refractivity contribution in [2.75, 3.05) is 25.2 Å². The number of hydrogen-bond acceptors (Lipinski definition) is 6. The van der Waals surface area contributed by atoms with Gasteiger partial charge in [-0.3, -0.25) is 4.79 Å². The van der Waals surface area contributed by atoms with Crippen molar-refractivity contribution >= 4 is 32.5 Å². The number of nitrogens with one attached hydrogen (secondary N) is 1. The molecule has 1 unspecified atom stereocenters. The number of piperidine rings is 1. The quantitative estimate of drug-likeness (QED) is 0.902. The molecule has 1 saturated heterocycles. The number of carbonyl (C=O) groups is 1. The van der Waals surface area contributed by atoms with Crippen LogP contribution in [0.5, 0.6) is 0 Å². The molecule has 1 N–H and O–H groups in total. The highest BCUT2D eigenvalue weighted by atomic mass is 32.2. The summed E-state index contributed by atoms with van der Waals surface area (Å²) in [5.74, 6) is 0.645. The van der Waals surface area contributed by atoms with Crippen LogP contribution in [0.3, 0.4) is 0 Å². The van der Waals surface area contributed by atoms with Gasteiger partial charge in [-0.15, -0.1) is 0 Å². The monoisotopic (exact) mass is 334 g/mol. The lowest BCUT2D eigenvalue weighted by atomic mass is 10.0. The maximum atomic E-state index is 11.8. The van der Waals surface area contributed by atoms with Crippen molar-refractivity contribution < 1.29 is 13.2 Å². The molecule has 2 heterocycles. The van der Waals surface area contributed by atoms with Crippen molar-refractivity contribution in [3.8, 4) is 0 Å². The van der Waals surface area contributed by atoms with Crippen molar-refractivity contribution in [3.05, 3.63) is 24.5 Å². The Morgan fingerprint density at radius 1 is 1.30 bits per heavy atom. The zero-order chi connectivity index (χ0) is 16.6. The number of anilines is 1. The summed E-state index contributed by atoms with van der Waals surface area (Å²) < 4.78 is 23.5. The molecule has 0 aliphatic carbocycles. The van der Waals surface area contributed by atoms with E-state index in [1.807, 2.05) is 0 Å². The number of hydrogen-bond donors (Lipinski definition) is 1. The van der Waals surface area contributed by atoms with Crippen LogP contribution in [0, 0.1) is 0 Å². The second-order valence-electron chi connectivity index (χ2n) is 5.82. The van der Waals surface area contributed by atoms with Crippen molar-refractivity contribution in [3.63, 3.8) is 0 Å². The lowest BCUT2D eigenvalue weighted by Crippen LogP contribution is -2.41. The van der Waals surface area contributed by atoms with Crippen molar-refractivity contribution in [1.82, 2.24) is 14.9 Å². The minimum absolute atomic E-state index is 0.0151. The Labute approximate surface area is 134 Å². The van der Waals surface area contributed by atoms with Gasteiger partial charge in [0, 0.05) is 37.7 Å². The lowest BCUT2D eigenvalue weighted by Gasteiger charge is -2.29. The topological polar surface area (TPSA) is 92.3 Å². The Hall–Kier alpha value is -2.22. The predicted octanol–water partition coefficient (Wildman–Crippen LogP) is 1.07. The van der Waals surface area contributed by atoms with E-state index in [1.54, 1.807) is 24.1 Å². The first-order valence-corrected chi connectivity index (χ1v) is 9.19. The van der Waals surface area contributed by atoms with Crippen LogP contribution in [0.2, 0.25) is 0 Å². The molecule has 1 amide bonds. The maximum absolute atomic E-state index is 11.8. The summed E-state index contributed by atoms with van der Waals surface area (Å²) in [5.41, 5.74) is 0.661. The van der Waals surface area contributed by atoms with Crippen LogP contribution in [0.1, 0.15) is 12.8 Å². The molecule has 1 aliphatic heterocycles. The molecule has 0 radical (unpaired) electrons. The average Bonchev–Trinajstić information content (AvgIpc) is 2.50. The number of aromatic nitrogens is 2. The van der Waals surface area contributed by atoms with Gasteiger partial charge in [-0.25, -0.2) is 18.4 Å². The Morgan fingerprint density at radius 3 is 2.78 bits per heavy atom. The molecule has 0 saturated carbocycles. The fourth-order valence-corrected chi connectivity index (χ4v) is 3.29. The Morgan fingerprint density at radius 2 is 2.09 bits per heavy atom. The Balaban J connectivity index is 1.96. The Bertz CT molecular complexity index is 866. The van der Waals surface area contributed by atoms with Gasteiger partial charge in [0.1, 0.15) is 12.1 Å². The van der Waals surface area contributed by atoms with E-state index in [0.29, 0.717) is 29.7 Å². The largest absolute Gasteiger partial charge is 0.366 e. The zero-order valence-electron chi connectivity index (χ0n) is 13.0. The first-order valence-electron chi connectivity index (χ1n) is 7.30. The fraction of sp³-hybridized carbons (Fsp3) is 0.400. The Kier molecular flexibility index (Phi) is 3.93.